The van der Waals surface area contributed by atoms with Crippen molar-refractivity contribution in [3.63, 3.8) is 0 Å². The van der Waals surface area contributed by atoms with Gasteiger partial charge in [-0.1, -0.05) is 0 Å². The van der Waals surface area contributed by atoms with Crippen LogP contribution in [0, 0.1) is 19.7 Å². The molecule has 0 saturated heterocycles. The van der Waals surface area contributed by atoms with Crippen LogP contribution in [0.3, 0.4) is 0 Å². The van der Waals surface area contributed by atoms with E-state index in [0.29, 0.717) is 0 Å². The van der Waals surface area contributed by atoms with Gasteiger partial charge in [0.25, 0.3) is 0 Å². The van der Waals surface area contributed by atoms with Crippen molar-refractivity contribution < 1.29 is 19.1 Å². The minimum atomic E-state index is -1.15. The molecule has 0 heterocycles. The summed E-state index contributed by atoms with van der Waals surface area (Å²) >= 11 is 0. The fraction of sp³-hybridized carbons (Fsp3) is 0.125. The van der Waals surface area contributed by atoms with Crippen LogP contribution in [-0.4, -0.2) is 16.9 Å². The predicted octanol–water partition coefficient (Wildman–Crippen LogP) is 3.37. The van der Waals surface area contributed by atoms with Crippen molar-refractivity contribution in [1.29, 1.82) is 0 Å². The van der Waals surface area contributed by atoms with Gasteiger partial charge in [0, 0.05) is 11.1 Å². The lowest BCUT2D eigenvalue weighted by Gasteiger charge is -2.09. The van der Waals surface area contributed by atoms with Crippen LogP contribution in [0.4, 0.5) is 4.39 Å². The highest BCUT2D eigenvalue weighted by Gasteiger charge is 2.19. The summed E-state index contributed by atoms with van der Waals surface area (Å²) in [6, 6.07) is 8.08. The van der Waals surface area contributed by atoms with Crippen molar-refractivity contribution in [3.05, 3.63) is 70.0 Å². The molecule has 0 fully saturated rings. The molecule has 0 spiro atoms. The first-order valence-electron chi connectivity index (χ1n) is 6.05. The summed E-state index contributed by atoms with van der Waals surface area (Å²) < 4.78 is 12.9. The average molecular weight is 272 g/mol. The summed E-state index contributed by atoms with van der Waals surface area (Å²) in [5.74, 6) is -2.02. The summed E-state index contributed by atoms with van der Waals surface area (Å²) in [6.07, 6.45) is 0. The van der Waals surface area contributed by atoms with Crippen LogP contribution < -0.4 is 0 Å². The Labute approximate surface area is 115 Å². The molecule has 0 aliphatic carbocycles. The monoisotopic (exact) mass is 272 g/mol. The number of carbonyl (C=O) groups excluding carboxylic acids is 1. The van der Waals surface area contributed by atoms with Crippen molar-refractivity contribution in [2.24, 2.45) is 0 Å². The molecule has 0 radical (unpaired) electrons. The van der Waals surface area contributed by atoms with E-state index in [-0.39, 0.29) is 16.7 Å². The lowest BCUT2D eigenvalue weighted by molar-refractivity contribution is 0.0692. The molecule has 102 valence electrons. The highest BCUT2D eigenvalue weighted by atomic mass is 19.1. The normalized spacial score (nSPS) is 10.3. The van der Waals surface area contributed by atoms with Crippen molar-refractivity contribution >= 4 is 11.8 Å². The van der Waals surface area contributed by atoms with E-state index in [0.717, 1.165) is 11.1 Å². The SMILES string of the molecule is Cc1cc(C(=O)O)c(C(=O)c2ccc(F)cc2)cc1C. The number of carboxylic acids is 1. The van der Waals surface area contributed by atoms with Crippen LogP contribution in [0.2, 0.25) is 0 Å². The number of hydrogen-bond donors (Lipinski definition) is 1. The van der Waals surface area contributed by atoms with E-state index >= 15 is 0 Å². The molecule has 0 aliphatic rings. The van der Waals surface area contributed by atoms with E-state index < -0.39 is 17.6 Å². The molecule has 2 aromatic carbocycles. The first-order chi connectivity index (χ1) is 9.40. The zero-order chi connectivity index (χ0) is 14.9. The number of halogens is 1. The van der Waals surface area contributed by atoms with Gasteiger partial charge in [0.2, 0.25) is 0 Å². The molecule has 0 amide bonds. The molecule has 0 aromatic heterocycles. The van der Waals surface area contributed by atoms with Crippen LogP contribution in [0.25, 0.3) is 0 Å². The van der Waals surface area contributed by atoms with Gasteiger partial charge >= 0.3 is 5.97 Å². The van der Waals surface area contributed by atoms with E-state index in [1.54, 1.807) is 13.0 Å². The second-order valence-electron chi connectivity index (χ2n) is 4.62. The number of benzene rings is 2. The van der Waals surface area contributed by atoms with Crippen LogP contribution in [-0.2, 0) is 0 Å². The number of aryl methyl sites for hydroxylation is 2. The predicted molar refractivity (Wildman–Crippen MR) is 72.7 cm³/mol. The molecule has 1 N–H and O–H groups in total. The molecule has 0 unspecified atom stereocenters. The van der Waals surface area contributed by atoms with Gasteiger partial charge in [0.1, 0.15) is 5.82 Å². The molecule has 0 saturated carbocycles. The summed E-state index contributed by atoms with van der Waals surface area (Å²) in [7, 11) is 0. The van der Waals surface area contributed by atoms with Gasteiger partial charge in [0.15, 0.2) is 5.78 Å². The molecule has 2 rings (SSSR count). The second-order valence-corrected chi connectivity index (χ2v) is 4.62. The van der Waals surface area contributed by atoms with Gasteiger partial charge in [-0.15, -0.1) is 0 Å². The Kier molecular flexibility index (Phi) is 3.66. The van der Waals surface area contributed by atoms with Crippen LogP contribution >= 0.6 is 0 Å². The van der Waals surface area contributed by atoms with Crippen molar-refractivity contribution in [1.82, 2.24) is 0 Å². The van der Waals surface area contributed by atoms with Gasteiger partial charge in [-0.2, -0.15) is 0 Å². The largest absolute Gasteiger partial charge is 0.478 e. The van der Waals surface area contributed by atoms with E-state index in [2.05, 4.69) is 0 Å². The van der Waals surface area contributed by atoms with Crippen molar-refractivity contribution in [2.75, 3.05) is 0 Å². The Morgan fingerprint density at radius 1 is 0.950 bits per heavy atom. The lowest BCUT2D eigenvalue weighted by atomic mass is 9.94. The quantitative estimate of drug-likeness (QED) is 0.871. The number of carbonyl (C=O) groups is 2. The van der Waals surface area contributed by atoms with Crippen molar-refractivity contribution in [2.45, 2.75) is 13.8 Å². The van der Waals surface area contributed by atoms with E-state index in [4.69, 9.17) is 0 Å². The summed E-state index contributed by atoms with van der Waals surface area (Å²) in [4.78, 5) is 23.6. The topological polar surface area (TPSA) is 54.4 Å². The van der Waals surface area contributed by atoms with E-state index in [9.17, 15) is 19.1 Å². The third-order valence-electron chi connectivity index (χ3n) is 3.22. The smallest absolute Gasteiger partial charge is 0.336 e. The van der Waals surface area contributed by atoms with Gasteiger partial charge < -0.3 is 5.11 Å². The Bertz CT molecular complexity index is 688. The second kappa shape index (κ2) is 5.25. The minimum Gasteiger partial charge on any atom is -0.478 e. The number of aromatic carboxylic acids is 1. The van der Waals surface area contributed by atoms with Crippen LogP contribution in [0.5, 0.6) is 0 Å². The Morgan fingerprint density at radius 3 is 1.95 bits per heavy atom. The highest BCUT2D eigenvalue weighted by Crippen LogP contribution is 2.20. The zero-order valence-electron chi connectivity index (χ0n) is 11.1. The summed E-state index contributed by atoms with van der Waals surface area (Å²) in [6.45, 7) is 3.59. The molecule has 0 atom stereocenters. The van der Waals surface area contributed by atoms with Crippen LogP contribution in [0.1, 0.15) is 37.4 Å². The summed E-state index contributed by atoms with van der Waals surface area (Å²) in [5, 5.41) is 9.21. The third-order valence-corrected chi connectivity index (χ3v) is 3.22. The maximum atomic E-state index is 12.9. The Balaban J connectivity index is 2.56. The number of carboxylic acid groups (broad SMARTS) is 1. The van der Waals surface area contributed by atoms with E-state index in [1.807, 2.05) is 6.92 Å². The van der Waals surface area contributed by atoms with E-state index in [1.165, 1.54) is 30.3 Å². The number of hydrogen-bond acceptors (Lipinski definition) is 2. The fourth-order valence-corrected chi connectivity index (χ4v) is 1.94. The highest BCUT2D eigenvalue weighted by molar-refractivity contribution is 6.14. The average Bonchev–Trinajstić information content (AvgIpc) is 2.41. The molecule has 0 aliphatic heterocycles. The van der Waals surface area contributed by atoms with Gasteiger partial charge in [0.05, 0.1) is 5.56 Å². The Hall–Kier alpha value is -2.49. The zero-order valence-corrected chi connectivity index (χ0v) is 11.1. The number of rotatable bonds is 3. The standard InChI is InChI=1S/C16H13FO3/c1-9-7-13(14(16(19)20)8-10(9)2)15(18)11-3-5-12(17)6-4-11/h3-8H,1-2H3,(H,19,20). The first kappa shape index (κ1) is 13.9. The van der Waals surface area contributed by atoms with Gasteiger partial charge in [-0.3, -0.25) is 4.79 Å². The Morgan fingerprint density at radius 2 is 1.45 bits per heavy atom. The lowest BCUT2D eigenvalue weighted by Crippen LogP contribution is -2.11. The minimum absolute atomic E-state index is 0.0394. The molecule has 4 heteroatoms. The molecule has 3 nitrogen and oxygen atoms in total. The van der Waals surface area contributed by atoms with Gasteiger partial charge in [-0.05, 0) is 61.4 Å². The molecule has 20 heavy (non-hydrogen) atoms. The fourth-order valence-electron chi connectivity index (χ4n) is 1.94. The maximum absolute atomic E-state index is 12.9. The van der Waals surface area contributed by atoms with Gasteiger partial charge in [-0.25, -0.2) is 9.18 Å². The molecular formula is C16H13FO3. The third kappa shape index (κ3) is 2.59. The first-order valence-corrected chi connectivity index (χ1v) is 6.05. The van der Waals surface area contributed by atoms with Crippen LogP contribution in [0.15, 0.2) is 36.4 Å². The molecule has 2 aromatic rings. The van der Waals surface area contributed by atoms with Crippen molar-refractivity contribution in [3.8, 4) is 0 Å². The summed E-state index contributed by atoms with van der Waals surface area (Å²) in [5.41, 5.74) is 1.98. The maximum Gasteiger partial charge on any atom is 0.336 e. The number of ketones is 1. The molecular weight excluding hydrogens is 259 g/mol. The molecule has 0 bridgehead atoms.